The second-order valence-electron chi connectivity index (χ2n) is 13.9. The lowest BCUT2D eigenvalue weighted by Crippen LogP contribution is -2.68. The van der Waals surface area contributed by atoms with Gasteiger partial charge in [-0.25, -0.2) is 0 Å². The van der Waals surface area contributed by atoms with E-state index in [1.807, 2.05) is 0 Å². The van der Waals surface area contributed by atoms with Gasteiger partial charge in [0.25, 0.3) is 0 Å². The Bertz CT molecular complexity index is 1200. The molecule has 0 aromatic heterocycles. The number of rotatable bonds is 13. The smallest absolute Gasteiger partial charge is 0.187 e. The quantitative estimate of drug-likeness (QED) is 0.0819. The lowest BCUT2D eigenvalue weighted by molar-refractivity contribution is -0.392. The van der Waals surface area contributed by atoms with E-state index in [2.05, 4.69) is 0 Å². The number of hydrogen-bond donors (Lipinski definition) is 17. The van der Waals surface area contributed by atoms with Crippen LogP contribution >= 0.6 is 0 Å². The Morgan fingerprint density at radius 2 is 0.518 bits per heavy atom. The van der Waals surface area contributed by atoms with Crippen molar-refractivity contribution in [3.05, 3.63) is 0 Å². The third kappa shape index (κ3) is 9.16. The Kier molecular flexibility index (Phi) is 16.1. The number of hydrogen-bond acceptors (Lipinski definition) is 26. The highest BCUT2D eigenvalue weighted by molar-refractivity contribution is 4.99. The number of aliphatic hydroxyl groups is 17. The molecule has 5 aliphatic heterocycles. The first-order chi connectivity index (χ1) is 26.5. The predicted molar refractivity (Wildman–Crippen MR) is 167 cm³/mol. The highest BCUT2D eigenvalue weighted by atomic mass is 16.8. The van der Waals surface area contributed by atoms with Crippen molar-refractivity contribution in [2.75, 3.05) is 33.0 Å². The van der Waals surface area contributed by atoms with Gasteiger partial charge in [-0.2, -0.15) is 0 Å². The minimum atomic E-state index is -2.12. The molecular weight excluding hydrogens is 776 g/mol. The van der Waals surface area contributed by atoms with Crippen LogP contribution in [0.3, 0.4) is 0 Å². The van der Waals surface area contributed by atoms with Crippen LogP contribution in [-0.2, 0) is 42.6 Å². The summed E-state index contributed by atoms with van der Waals surface area (Å²) in [6.07, 6.45) is -45.8. The van der Waals surface area contributed by atoms with Crippen molar-refractivity contribution in [1.82, 2.24) is 0 Å². The molecule has 0 spiro atoms. The maximum absolute atomic E-state index is 11.1. The monoisotopic (exact) mass is 828 g/mol. The molecule has 0 saturated carbocycles. The van der Waals surface area contributed by atoms with Crippen LogP contribution in [0.15, 0.2) is 0 Å². The first-order valence-electron chi connectivity index (χ1n) is 17.6. The molecule has 328 valence electrons. The highest BCUT2D eigenvalue weighted by Crippen LogP contribution is 2.35. The van der Waals surface area contributed by atoms with Crippen LogP contribution in [0.2, 0.25) is 0 Å². The molecule has 5 heterocycles. The molecule has 25 atom stereocenters. The van der Waals surface area contributed by atoms with Gasteiger partial charge in [-0.05, 0) is 0 Å². The fraction of sp³-hybridized carbons (Fsp3) is 1.00. The summed E-state index contributed by atoms with van der Waals surface area (Å²) in [5, 5.41) is 176. The zero-order chi connectivity index (χ0) is 41.3. The van der Waals surface area contributed by atoms with Gasteiger partial charge >= 0.3 is 0 Å². The minimum absolute atomic E-state index is 0.811. The summed E-state index contributed by atoms with van der Waals surface area (Å²) >= 11 is 0. The van der Waals surface area contributed by atoms with Crippen LogP contribution in [0.5, 0.6) is 0 Å². The van der Waals surface area contributed by atoms with Gasteiger partial charge in [0.15, 0.2) is 31.5 Å². The molecule has 5 fully saturated rings. The summed E-state index contributed by atoms with van der Waals surface area (Å²) < 4.78 is 49.1. The van der Waals surface area contributed by atoms with Gasteiger partial charge in [-0.1, -0.05) is 0 Å². The molecule has 5 saturated heterocycles. The fourth-order valence-corrected chi connectivity index (χ4v) is 7.03. The van der Waals surface area contributed by atoms with Crippen molar-refractivity contribution in [1.29, 1.82) is 0 Å². The third-order valence-corrected chi connectivity index (χ3v) is 10.3. The van der Waals surface area contributed by atoms with Gasteiger partial charge in [0.05, 0.1) is 33.0 Å². The van der Waals surface area contributed by atoms with E-state index in [9.17, 15) is 86.8 Å². The molecule has 5 rings (SSSR count). The Labute approximate surface area is 316 Å². The fourth-order valence-electron chi connectivity index (χ4n) is 7.03. The van der Waals surface area contributed by atoms with Crippen molar-refractivity contribution in [2.45, 2.75) is 154 Å². The predicted octanol–water partition coefficient (Wildman–Crippen LogP) is -11.9. The van der Waals surface area contributed by atoms with Gasteiger partial charge < -0.3 is 129 Å². The van der Waals surface area contributed by atoms with Crippen LogP contribution < -0.4 is 0 Å². The molecule has 0 aromatic carbocycles. The average molecular weight is 829 g/mol. The summed E-state index contributed by atoms with van der Waals surface area (Å²) in [5.74, 6) is 0. The summed E-state index contributed by atoms with van der Waals surface area (Å²) in [6.45, 7) is -4.51. The van der Waals surface area contributed by atoms with Gasteiger partial charge in [-0.3, -0.25) is 0 Å². The van der Waals surface area contributed by atoms with E-state index < -0.39 is 187 Å². The van der Waals surface area contributed by atoms with Gasteiger partial charge in [0.1, 0.15) is 122 Å². The van der Waals surface area contributed by atoms with Crippen molar-refractivity contribution >= 4 is 0 Å². The molecule has 0 bridgehead atoms. The summed E-state index contributed by atoms with van der Waals surface area (Å²) in [6, 6.07) is 0. The molecule has 56 heavy (non-hydrogen) atoms. The highest BCUT2D eigenvalue weighted by Gasteiger charge is 2.56. The van der Waals surface area contributed by atoms with Crippen LogP contribution in [-0.4, -0.2) is 273 Å². The zero-order valence-electron chi connectivity index (χ0n) is 29.2. The van der Waals surface area contributed by atoms with Crippen molar-refractivity contribution in [3.63, 3.8) is 0 Å². The van der Waals surface area contributed by atoms with Crippen LogP contribution in [0.25, 0.3) is 0 Å². The molecule has 5 aliphatic rings. The third-order valence-electron chi connectivity index (χ3n) is 10.3. The summed E-state index contributed by atoms with van der Waals surface area (Å²) in [7, 11) is 0. The minimum Gasteiger partial charge on any atom is -0.394 e. The van der Waals surface area contributed by atoms with Crippen LogP contribution in [0, 0.1) is 0 Å². The van der Waals surface area contributed by atoms with Crippen molar-refractivity contribution < 1.29 is 129 Å². The molecule has 5 unspecified atom stereocenters. The largest absolute Gasteiger partial charge is 0.394 e. The maximum atomic E-state index is 11.1. The molecule has 26 heteroatoms. The molecule has 17 N–H and O–H groups in total. The molecule has 0 radical (unpaired) electrons. The summed E-state index contributed by atoms with van der Waals surface area (Å²) in [5.41, 5.74) is 0. The first kappa shape index (κ1) is 46.0. The van der Waals surface area contributed by atoms with E-state index in [0.29, 0.717) is 0 Å². The topological polar surface area (TPSA) is 427 Å². The van der Waals surface area contributed by atoms with E-state index in [1.165, 1.54) is 0 Å². The van der Waals surface area contributed by atoms with Gasteiger partial charge in [0, 0.05) is 0 Å². The van der Waals surface area contributed by atoms with E-state index in [1.54, 1.807) is 0 Å². The molecule has 0 amide bonds. The molecule has 0 aromatic rings. The van der Waals surface area contributed by atoms with Crippen molar-refractivity contribution in [2.24, 2.45) is 0 Å². The molecular formula is C30H52O26. The van der Waals surface area contributed by atoms with Gasteiger partial charge in [-0.15, -0.1) is 0 Å². The maximum Gasteiger partial charge on any atom is 0.187 e. The Balaban J connectivity index is 1.22. The Morgan fingerprint density at radius 3 is 0.821 bits per heavy atom. The van der Waals surface area contributed by atoms with E-state index >= 15 is 0 Å². The first-order valence-corrected chi connectivity index (χ1v) is 17.6. The standard InChI is InChI=1S/C30H52O26/c31-1-6-11(36)12(37)18(43)27(49-6)54-23-8(3-33)51-29(20(45)14(23)39)56-25-10(5-35)52-30(21(46)16(25)41)55-24-9(4-34)50-28(19(44)15(24)40)53-22-7(2-32)48-26(47)17(42)13(22)38/h6-47H,1-5H2/t6-,7-,8-,9-,10-,11-,12+,13-,14-,15-,16-,17+,18+,19+,20+,21+,22-,23-,24-,25-,26?,27?,28?,29?,30?/m1/s1. The normalized spacial score (nSPS) is 53.2. The molecule has 26 nitrogen and oxygen atoms in total. The van der Waals surface area contributed by atoms with E-state index in [-0.39, 0.29) is 0 Å². The Morgan fingerprint density at radius 1 is 0.268 bits per heavy atom. The zero-order valence-corrected chi connectivity index (χ0v) is 29.2. The lowest BCUT2D eigenvalue weighted by Gasteiger charge is -2.49. The second kappa shape index (κ2) is 19.6. The summed E-state index contributed by atoms with van der Waals surface area (Å²) in [4.78, 5) is 0. The van der Waals surface area contributed by atoms with Crippen molar-refractivity contribution in [3.8, 4) is 0 Å². The average Bonchev–Trinajstić information content (AvgIpc) is 3.19. The van der Waals surface area contributed by atoms with Crippen LogP contribution in [0.1, 0.15) is 0 Å². The number of aliphatic hydroxyl groups excluding tert-OH is 17. The van der Waals surface area contributed by atoms with E-state index in [0.717, 1.165) is 0 Å². The molecule has 0 aliphatic carbocycles. The lowest BCUT2D eigenvalue weighted by atomic mass is 9.95. The van der Waals surface area contributed by atoms with E-state index in [4.69, 9.17) is 42.6 Å². The SMILES string of the molecule is OC[C@H]1OC(O[C@H]2[C@H](O)[C@H](O)C(O[C@H]3[C@H](O)[C@H](O)C(O[C@H]4[C@H](O)[C@H](O)C(O[C@H]5[C@H](O)[C@H](O)C(O)O[C@@H]5CO)O[C@@H]4CO)O[C@@H]3CO)O[C@@H]2CO)[C@@H](O)[C@@H](O)[C@@H]1O. The Hall–Kier alpha value is -1.04. The van der Waals surface area contributed by atoms with Gasteiger partial charge in [0.2, 0.25) is 0 Å². The second-order valence-corrected chi connectivity index (χ2v) is 13.9. The van der Waals surface area contributed by atoms with Crippen LogP contribution in [0.4, 0.5) is 0 Å². The number of ether oxygens (including phenoxy) is 9.